The molecule has 1 heterocycles. The maximum absolute atomic E-state index is 13.1. The van der Waals surface area contributed by atoms with Gasteiger partial charge in [0.2, 0.25) is 10.0 Å². The topological polar surface area (TPSA) is 108 Å². The third-order valence-corrected chi connectivity index (χ3v) is 7.49. The summed E-state index contributed by atoms with van der Waals surface area (Å²) in [6, 6.07) is 11.6. The Kier molecular flexibility index (Phi) is 4.98. The fraction of sp³-hybridized carbons (Fsp3) is 0.350. The van der Waals surface area contributed by atoms with Crippen LogP contribution in [0.15, 0.2) is 41.3 Å². The zero-order valence-corrected chi connectivity index (χ0v) is 16.6. The molecule has 0 unspecified atom stereocenters. The molecule has 150 valence electrons. The summed E-state index contributed by atoms with van der Waals surface area (Å²) in [6.45, 7) is 1.41. The molecule has 29 heavy (non-hydrogen) atoms. The Hall–Kier alpha value is -2.96. The molecular formula is C20H20N4O4S. The molecule has 4 rings (SSSR count). The molecule has 0 spiro atoms. The van der Waals surface area contributed by atoms with Crippen LogP contribution in [0.5, 0.6) is 0 Å². The summed E-state index contributed by atoms with van der Waals surface area (Å²) in [6.07, 6.45) is 2.99. The summed E-state index contributed by atoms with van der Waals surface area (Å²) in [7, 11) is -3.57. The Morgan fingerprint density at radius 3 is 2.41 bits per heavy atom. The van der Waals surface area contributed by atoms with Crippen molar-refractivity contribution < 1.29 is 13.3 Å². The highest BCUT2D eigenvalue weighted by molar-refractivity contribution is 7.89. The zero-order chi connectivity index (χ0) is 20.6. The average Bonchev–Trinajstić information content (AvgIpc) is 3.21. The molecule has 0 radical (unpaired) electrons. The van der Waals surface area contributed by atoms with E-state index in [4.69, 9.17) is 0 Å². The number of nitriles is 1. The van der Waals surface area contributed by atoms with Crippen molar-refractivity contribution in [3.05, 3.63) is 63.2 Å². The molecule has 8 nitrogen and oxygen atoms in total. The van der Waals surface area contributed by atoms with E-state index >= 15 is 0 Å². The summed E-state index contributed by atoms with van der Waals surface area (Å²) in [5, 5.41) is 20.3. The van der Waals surface area contributed by atoms with Gasteiger partial charge in [0.15, 0.2) is 0 Å². The van der Waals surface area contributed by atoms with Gasteiger partial charge in [-0.2, -0.15) is 9.57 Å². The van der Waals surface area contributed by atoms with Crippen LogP contribution in [0.2, 0.25) is 0 Å². The number of hydrogen-bond acceptors (Lipinski definition) is 6. The number of anilines is 1. The van der Waals surface area contributed by atoms with Crippen molar-refractivity contribution in [3.63, 3.8) is 0 Å². The molecule has 0 saturated carbocycles. The van der Waals surface area contributed by atoms with Crippen molar-refractivity contribution >= 4 is 21.4 Å². The number of rotatable bonds is 4. The van der Waals surface area contributed by atoms with Crippen molar-refractivity contribution in [1.29, 1.82) is 5.26 Å². The first kappa shape index (κ1) is 19.4. The summed E-state index contributed by atoms with van der Waals surface area (Å²) in [4.78, 5) is 12.6. The highest BCUT2D eigenvalue weighted by atomic mass is 32.2. The second-order valence-corrected chi connectivity index (χ2v) is 9.18. The van der Waals surface area contributed by atoms with E-state index in [9.17, 15) is 23.8 Å². The highest BCUT2D eigenvalue weighted by Gasteiger charge is 2.30. The van der Waals surface area contributed by atoms with Crippen LogP contribution in [0.4, 0.5) is 11.4 Å². The molecule has 1 fully saturated rings. The molecule has 1 aliphatic heterocycles. The van der Waals surface area contributed by atoms with Crippen LogP contribution in [0, 0.1) is 21.4 Å². The van der Waals surface area contributed by atoms with Gasteiger partial charge in [-0.3, -0.25) is 10.1 Å². The molecule has 0 aromatic heterocycles. The Bertz CT molecular complexity index is 1120. The lowest BCUT2D eigenvalue weighted by Gasteiger charge is -2.35. The van der Waals surface area contributed by atoms with Crippen LogP contribution < -0.4 is 4.90 Å². The second-order valence-electron chi connectivity index (χ2n) is 7.25. The number of aryl methyl sites for hydroxylation is 2. The molecule has 2 aromatic carbocycles. The molecule has 0 bridgehead atoms. The van der Waals surface area contributed by atoms with E-state index in [2.05, 4.69) is 0 Å². The van der Waals surface area contributed by atoms with Crippen molar-refractivity contribution in [1.82, 2.24) is 4.31 Å². The first-order valence-electron chi connectivity index (χ1n) is 9.45. The predicted octanol–water partition coefficient (Wildman–Crippen LogP) is 2.47. The van der Waals surface area contributed by atoms with E-state index in [1.165, 1.54) is 22.0 Å². The number of hydrogen-bond donors (Lipinski definition) is 0. The number of piperazine rings is 1. The van der Waals surface area contributed by atoms with Crippen LogP contribution in [0.3, 0.4) is 0 Å². The van der Waals surface area contributed by atoms with Crippen LogP contribution in [-0.2, 0) is 22.9 Å². The SMILES string of the molecule is N#Cc1cc([N+](=O)[O-])ccc1N1CCN(S(=O)(=O)c2ccc3c(c2)CCC3)CC1. The number of nitro benzene ring substituents is 1. The van der Waals surface area contributed by atoms with Crippen molar-refractivity contribution in [2.75, 3.05) is 31.1 Å². The Morgan fingerprint density at radius 1 is 1.00 bits per heavy atom. The van der Waals surface area contributed by atoms with Gasteiger partial charge >= 0.3 is 0 Å². The molecule has 2 aliphatic rings. The van der Waals surface area contributed by atoms with E-state index in [-0.39, 0.29) is 11.3 Å². The van der Waals surface area contributed by atoms with Crippen molar-refractivity contribution in [2.45, 2.75) is 24.2 Å². The molecule has 2 aromatic rings. The largest absolute Gasteiger partial charge is 0.368 e. The van der Waals surface area contributed by atoms with E-state index in [1.54, 1.807) is 18.2 Å². The number of nitrogens with zero attached hydrogens (tertiary/aromatic N) is 4. The number of non-ortho nitro benzene ring substituents is 1. The maximum atomic E-state index is 13.1. The van der Waals surface area contributed by atoms with Gasteiger partial charge in [-0.05, 0) is 48.6 Å². The quantitative estimate of drug-likeness (QED) is 0.564. The minimum absolute atomic E-state index is 0.136. The van der Waals surface area contributed by atoms with E-state index in [0.29, 0.717) is 36.8 Å². The molecule has 0 N–H and O–H groups in total. The van der Waals surface area contributed by atoms with Gasteiger partial charge in [0.1, 0.15) is 6.07 Å². The summed E-state index contributed by atoms with van der Waals surface area (Å²) in [5.41, 5.74) is 3.02. The smallest absolute Gasteiger partial charge is 0.270 e. The van der Waals surface area contributed by atoms with Gasteiger partial charge < -0.3 is 4.90 Å². The number of benzene rings is 2. The average molecular weight is 412 g/mol. The minimum Gasteiger partial charge on any atom is -0.368 e. The molecule has 1 saturated heterocycles. The maximum Gasteiger partial charge on any atom is 0.270 e. The van der Waals surface area contributed by atoms with E-state index < -0.39 is 14.9 Å². The lowest BCUT2D eigenvalue weighted by molar-refractivity contribution is -0.384. The lowest BCUT2D eigenvalue weighted by atomic mass is 10.1. The fourth-order valence-electron chi connectivity index (χ4n) is 4.03. The highest BCUT2D eigenvalue weighted by Crippen LogP contribution is 2.29. The monoisotopic (exact) mass is 412 g/mol. The Labute approximate surface area is 169 Å². The summed E-state index contributed by atoms with van der Waals surface area (Å²) < 4.78 is 27.6. The van der Waals surface area contributed by atoms with Crippen LogP contribution >= 0.6 is 0 Å². The van der Waals surface area contributed by atoms with Gasteiger partial charge in [0.25, 0.3) is 5.69 Å². The third kappa shape index (κ3) is 3.57. The first-order chi connectivity index (χ1) is 13.9. The molecular weight excluding hydrogens is 392 g/mol. The summed E-state index contributed by atoms with van der Waals surface area (Å²) in [5.74, 6) is 0. The standard InChI is InChI=1S/C20H20N4O4S/c21-14-17-12-18(24(25)26)5-7-20(17)22-8-10-23(11-9-22)29(27,28)19-6-4-15-2-1-3-16(15)13-19/h4-7,12-13H,1-3,8-11H2. The Balaban J connectivity index is 1.51. The molecule has 9 heteroatoms. The third-order valence-electron chi connectivity index (χ3n) is 5.60. The first-order valence-corrected chi connectivity index (χ1v) is 10.9. The van der Waals surface area contributed by atoms with Gasteiger partial charge in [-0.15, -0.1) is 0 Å². The van der Waals surface area contributed by atoms with Crippen molar-refractivity contribution in [3.8, 4) is 6.07 Å². The predicted molar refractivity (Wildman–Crippen MR) is 107 cm³/mol. The Morgan fingerprint density at radius 2 is 1.72 bits per heavy atom. The van der Waals surface area contributed by atoms with Crippen molar-refractivity contribution in [2.24, 2.45) is 0 Å². The lowest BCUT2D eigenvalue weighted by Crippen LogP contribution is -2.48. The van der Waals surface area contributed by atoms with Crippen LogP contribution in [0.25, 0.3) is 0 Å². The second kappa shape index (κ2) is 7.46. The van der Waals surface area contributed by atoms with E-state index in [1.807, 2.05) is 17.0 Å². The van der Waals surface area contributed by atoms with Gasteiger partial charge in [-0.25, -0.2) is 8.42 Å². The van der Waals surface area contributed by atoms with E-state index in [0.717, 1.165) is 24.8 Å². The van der Waals surface area contributed by atoms with Crippen LogP contribution in [0.1, 0.15) is 23.1 Å². The number of nitro groups is 1. The van der Waals surface area contributed by atoms with Gasteiger partial charge in [-0.1, -0.05) is 6.07 Å². The fourth-order valence-corrected chi connectivity index (χ4v) is 5.50. The normalized spacial score (nSPS) is 17.0. The number of fused-ring (bicyclic) bond motifs is 1. The summed E-state index contributed by atoms with van der Waals surface area (Å²) >= 11 is 0. The number of sulfonamides is 1. The zero-order valence-electron chi connectivity index (χ0n) is 15.7. The van der Waals surface area contributed by atoms with Gasteiger partial charge in [0, 0.05) is 38.3 Å². The van der Waals surface area contributed by atoms with Gasteiger partial charge in [0.05, 0.1) is 21.1 Å². The molecule has 1 aliphatic carbocycles. The molecule has 0 amide bonds. The molecule has 0 atom stereocenters. The minimum atomic E-state index is -3.57. The van der Waals surface area contributed by atoms with Crippen LogP contribution in [-0.4, -0.2) is 43.8 Å².